The fourth-order valence-electron chi connectivity index (χ4n) is 2.02. The molecule has 1 saturated heterocycles. The van der Waals surface area contributed by atoms with E-state index in [1.807, 2.05) is 0 Å². The Labute approximate surface area is 119 Å². The van der Waals surface area contributed by atoms with E-state index in [1.54, 1.807) is 0 Å². The van der Waals surface area contributed by atoms with Crippen LogP contribution in [0.2, 0.25) is 5.02 Å². The number of nitrogens with zero attached hydrogens (tertiary/aromatic N) is 2. The van der Waals surface area contributed by atoms with Gasteiger partial charge < -0.3 is 5.32 Å². The van der Waals surface area contributed by atoms with Crippen LogP contribution < -0.4 is 5.32 Å². The molecule has 1 aliphatic heterocycles. The van der Waals surface area contributed by atoms with Crippen LogP contribution in [0.5, 0.6) is 0 Å². The molecule has 2 rings (SSSR count). The number of benzene rings is 1. The van der Waals surface area contributed by atoms with Crippen molar-refractivity contribution in [2.75, 3.05) is 7.05 Å². The van der Waals surface area contributed by atoms with Gasteiger partial charge in [0, 0.05) is 30.2 Å². The topological polar surface area (TPSA) is 92.6 Å². The number of nitro benzene ring substituents is 1. The van der Waals surface area contributed by atoms with Gasteiger partial charge in [0.2, 0.25) is 11.8 Å². The van der Waals surface area contributed by atoms with Crippen molar-refractivity contribution in [1.29, 1.82) is 0 Å². The molecular formula is C12H12ClN3O4. The van der Waals surface area contributed by atoms with Crippen molar-refractivity contribution in [3.8, 4) is 0 Å². The molecule has 1 N–H and O–H groups in total. The number of nitrogens with one attached hydrogen (secondary N) is 1. The molecule has 1 unspecified atom stereocenters. The zero-order chi connectivity index (χ0) is 14.9. The number of likely N-dealkylation sites (tertiary alicyclic amines) is 1. The molecule has 0 saturated carbocycles. The molecule has 1 aromatic rings. The Morgan fingerprint density at radius 3 is 2.75 bits per heavy atom. The van der Waals surface area contributed by atoms with Crippen LogP contribution in [0.15, 0.2) is 18.2 Å². The van der Waals surface area contributed by atoms with E-state index in [0.717, 1.165) is 4.90 Å². The van der Waals surface area contributed by atoms with E-state index >= 15 is 0 Å². The number of hydrogen-bond donors (Lipinski definition) is 1. The maximum absolute atomic E-state index is 11.7. The van der Waals surface area contributed by atoms with Crippen LogP contribution in [-0.4, -0.2) is 34.7 Å². The molecule has 1 fully saturated rings. The summed E-state index contributed by atoms with van der Waals surface area (Å²) in [6.45, 7) is 0.0917. The van der Waals surface area contributed by atoms with Gasteiger partial charge in [-0.25, -0.2) is 0 Å². The van der Waals surface area contributed by atoms with Crippen molar-refractivity contribution in [3.63, 3.8) is 0 Å². The maximum atomic E-state index is 11.7. The van der Waals surface area contributed by atoms with Crippen LogP contribution in [0.3, 0.4) is 0 Å². The number of amides is 2. The van der Waals surface area contributed by atoms with Gasteiger partial charge in [-0.15, -0.1) is 0 Å². The smallest absolute Gasteiger partial charge is 0.273 e. The van der Waals surface area contributed by atoms with Gasteiger partial charge in [0.05, 0.1) is 17.4 Å². The summed E-state index contributed by atoms with van der Waals surface area (Å²) in [6.07, 6.45) is 0.0592. The second kappa shape index (κ2) is 5.56. The third-order valence-corrected chi connectivity index (χ3v) is 3.39. The van der Waals surface area contributed by atoms with Crippen LogP contribution in [0.25, 0.3) is 0 Å². The Morgan fingerprint density at radius 1 is 1.50 bits per heavy atom. The number of rotatable bonds is 4. The molecule has 8 heteroatoms. The molecule has 1 heterocycles. The maximum Gasteiger partial charge on any atom is 0.273 e. The second-order valence-corrected chi connectivity index (χ2v) is 4.90. The quantitative estimate of drug-likeness (QED) is 0.510. The number of likely N-dealkylation sites (N-methyl/N-ethyl adjacent to an activating group) is 1. The SMILES string of the molecule is CN1C(=O)CC(NCc2cc(Cl)ccc2[N+](=O)[O-])C1=O. The molecule has 20 heavy (non-hydrogen) atoms. The molecule has 0 radical (unpaired) electrons. The number of halogens is 1. The molecule has 0 aromatic heterocycles. The first-order chi connectivity index (χ1) is 9.40. The number of nitro groups is 1. The average molecular weight is 298 g/mol. The van der Waals surface area contributed by atoms with E-state index in [4.69, 9.17) is 11.6 Å². The molecule has 2 amide bonds. The Hall–Kier alpha value is -1.99. The Bertz CT molecular complexity index is 590. The first kappa shape index (κ1) is 14.4. The summed E-state index contributed by atoms with van der Waals surface area (Å²) in [4.78, 5) is 34.5. The van der Waals surface area contributed by atoms with Gasteiger partial charge >= 0.3 is 0 Å². The summed E-state index contributed by atoms with van der Waals surface area (Å²) in [6, 6.07) is 3.57. The first-order valence-electron chi connectivity index (χ1n) is 5.86. The minimum Gasteiger partial charge on any atom is -0.301 e. The molecule has 0 bridgehead atoms. The van der Waals surface area contributed by atoms with E-state index in [-0.39, 0.29) is 30.5 Å². The average Bonchev–Trinajstić information content (AvgIpc) is 2.63. The molecule has 1 aliphatic rings. The largest absolute Gasteiger partial charge is 0.301 e. The van der Waals surface area contributed by atoms with E-state index in [2.05, 4.69) is 5.32 Å². The van der Waals surface area contributed by atoms with Crippen molar-refractivity contribution >= 4 is 29.1 Å². The lowest BCUT2D eigenvalue weighted by atomic mass is 10.1. The monoisotopic (exact) mass is 297 g/mol. The lowest BCUT2D eigenvalue weighted by Gasteiger charge is -2.11. The molecule has 7 nitrogen and oxygen atoms in total. The highest BCUT2D eigenvalue weighted by Crippen LogP contribution is 2.23. The van der Waals surface area contributed by atoms with Gasteiger partial charge in [0.15, 0.2) is 0 Å². The zero-order valence-electron chi connectivity index (χ0n) is 10.6. The third kappa shape index (κ3) is 2.78. The second-order valence-electron chi connectivity index (χ2n) is 4.46. The highest BCUT2D eigenvalue weighted by atomic mass is 35.5. The summed E-state index contributed by atoms with van der Waals surface area (Å²) in [5.41, 5.74) is 0.296. The summed E-state index contributed by atoms with van der Waals surface area (Å²) in [5.74, 6) is -0.604. The molecule has 1 aromatic carbocycles. The molecule has 0 aliphatic carbocycles. The summed E-state index contributed by atoms with van der Waals surface area (Å²) >= 11 is 5.81. The van der Waals surface area contributed by atoms with E-state index in [0.29, 0.717) is 10.6 Å². The Kier molecular flexibility index (Phi) is 4.01. The van der Waals surface area contributed by atoms with Crippen molar-refractivity contribution in [2.24, 2.45) is 0 Å². The Morgan fingerprint density at radius 2 is 2.20 bits per heavy atom. The van der Waals surface area contributed by atoms with Gasteiger partial charge in [-0.2, -0.15) is 0 Å². The lowest BCUT2D eigenvalue weighted by molar-refractivity contribution is -0.385. The third-order valence-electron chi connectivity index (χ3n) is 3.16. The minimum atomic E-state index is -0.647. The lowest BCUT2D eigenvalue weighted by Crippen LogP contribution is -2.36. The number of imide groups is 1. The van der Waals surface area contributed by atoms with E-state index < -0.39 is 11.0 Å². The molecular weight excluding hydrogens is 286 g/mol. The van der Waals surface area contributed by atoms with Gasteiger partial charge in [-0.05, 0) is 12.1 Å². The van der Waals surface area contributed by atoms with Crippen LogP contribution in [0.1, 0.15) is 12.0 Å². The number of carbonyl (C=O) groups excluding carboxylic acids is 2. The number of hydrogen-bond acceptors (Lipinski definition) is 5. The van der Waals surface area contributed by atoms with Gasteiger partial charge in [-0.1, -0.05) is 11.6 Å². The molecule has 1 atom stereocenters. The highest BCUT2D eigenvalue weighted by Gasteiger charge is 2.35. The summed E-state index contributed by atoms with van der Waals surface area (Å²) in [7, 11) is 1.41. The van der Waals surface area contributed by atoms with Gasteiger partial charge in [0.1, 0.15) is 0 Å². The summed E-state index contributed by atoms with van der Waals surface area (Å²) in [5, 5.41) is 14.1. The first-order valence-corrected chi connectivity index (χ1v) is 6.24. The van der Waals surface area contributed by atoms with Crippen molar-refractivity contribution in [2.45, 2.75) is 19.0 Å². The van der Waals surface area contributed by atoms with Crippen LogP contribution >= 0.6 is 11.6 Å². The van der Waals surface area contributed by atoms with Crippen molar-refractivity contribution < 1.29 is 14.5 Å². The van der Waals surface area contributed by atoms with Crippen LogP contribution in [0.4, 0.5) is 5.69 Å². The van der Waals surface area contributed by atoms with Crippen LogP contribution in [0, 0.1) is 10.1 Å². The standard InChI is InChI=1S/C12H12ClN3O4/c1-15-11(17)5-9(12(15)18)14-6-7-4-8(13)2-3-10(7)16(19)20/h2-4,9,14H,5-6H2,1H3. The Balaban J connectivity index is 2.12. The molecule has 106 valence electrons. The predicted octanol–water partition coefficient (Wildman–Crippen LogP) is 1.10. The normalized spacial score (nSPS) is 18.7. The van der Waals surface area contributed by atoms with Gasteiger partial charge in [0.25, 0.3) is 5.69 Å². The number of carbonyl (C=O) groups is 2. The van der Waals surface area contributed by atoms with E-state index in [1.165, 1.54) is 25.2 Å². The molecule has 0 spiro atoms. The van der Waals surface area contributed by atoms with Crippen molar-refractivity contribution in [1.82, 2.24) is 10.2 Å². The van der Waals surface area contributed by atoms with Crippen molar-refractivity contribution in [3.05, 3.63) is 38.9 Å². The fraction of sp³-hybridized carbons (Fsp3) is 0.333. The zero-order valence-corrected chi connectivity index (χ0v) is 11.4. The highest BCUT2D eigenvalue weighted by molar-refractivity contribution is 6.30. The predicted molar refractivity (Wildman–Crippen MR) is 71.1 cm³/mol. The van der Waals surface area contributed by atoms with Gasteiger partial charge in [-0.3, -0.25) is 24.6 Å². The minimum absolute atomic E-state index is 0.0592. The van der Waals surface area contributed by atoms with Crippen LogP contribution in [-0.2, 0) is 16.1 Å². The summed E-state index contributed by atoms with van der Waals surface area (Å²) < 4.78 is 0. The fourth-order valence-corrected chi connectivity index (χ4v) is 2.22. The van der Waals surface area contributed by atoms with E-state index in [9.17, 15) is 19.7 Å².